The van der Waals surface area contributed by atoms with Crippen molar-refractivity contribution < 1.29 is 39.9 Å². The fourth-order valence-corrected chi connectivity index (χ4v) is 11.6. The minimum absolute atomic E-state index is 0.00333. The first kappa shape index (κ1) is 47.5. The van der Waals surface area contributed by atoms with E-state index >= 15 is 0 Å². The summed E-state index contributed by atoms with van der Waals surface area (Å²) in [5.41, 5.74) is 5.14. The molecule has 6 N–H and O–H groups in total. The minimum Gasteiger partial charge on any atom is -0.475 e. The molecule has 2 aliphatic carbocycles. The van der Waals surface area contributed by atoms with Crippen LogP contribution in [0.3, 0.4) is 0 Å². The highest BCUT2D eigenvalue weighted by atomic mass is 35.5. The van der Waals surface area contributed by atoms with Gasteiger partial charge >= 0.3 is 12.1 Å². The Kier molecular flexibility index (Phi) is 13.7. The van der Waals surface area contributed by atoms with E-state index in [0.29, 0.717) is 10.6 Å². The molecule has 2 saturated heterocycles. The third kappa shape index (κ3) is 10.3. The summed E-state index contributed by atoms with van der Waals surface area (Å²) >= 11 is 9.33. The summed E-state index contributed by atoms with van der Waals surface area (Å²) in [5, 5.41) is 27.4. The number of thiophene rings is 2. The standard InChI is InChI=1S/C19H21N5O2S2.C12H7ClN2S.C7H15N3O2S.C2HF3O2/c1-23(28(20,25)26)14-7-19(8-14)10-24(11-19)17-16-15(13-5-3-2-4-6-13)9-27-18(16)22-12-21-17;13-11-10-9(8-4-2-1-3-5-8)6-16-12(10)15-7-14-11;1-10(13(8,11)12)6-2-7(3-6)4-9-5-7;3-2(4,5)1(6)7/h2-6,9,12,14H,7-8,10-11H2,1H3,(H2,20,25,26);1-7H;6,9H,2-5H2,1H3,(H2,8,11,12);(H,6,7). The van der Waals surface area contributed by atoms with Crippen LogP contribution in [0.5, 0.6) is 0 Å². The average Bonchev–Trinajstić information content (AvgIpc) is 3.82. The summed E-state index contributed by atoms with van der Waals surface area (Å²) in [6.07, 6.45) is 1.64. The van der Waals surface area contributed by atoms with Gasteiger partial charge < -0.3 is 15.3 Å². The van der Waals surface area contributed by atoms with E-state index in [2.05, 4.69) is 65.2 Å². The number of nitrogens with zero attached hydrogens (tertiary/aromatic N) is 7. The summed E-state index contributed by atoms with van der Waals surface area (Å²) in [5.74, 6) is -1.79. The maximum absolute atomic E-state index is 11.5. The smallest absolute Gasteiger partial charge is 0.475 e. The maximum Gasteiger partial charge on any atom is 0.490 e. The van der Waals surface area contributed by atoms with Crippen LogP contribution in [0.15, 0.2) is 84.1 Å². The molecule has 2 saturated carbocycles. The number of nitrogens with one attached hydrogen (secondary N) is 1. The number of fused-ring (bicyclic) bond motifs is 2. The van der Waals surface area contributed by atoms with E-state index in [1.165, 1.54) is 20.5 Å². The van der Waals surface area contributed by atoms with E-state index < -0.39 is 32.6 Å². The van der Waals surface area contributed by atoms with Crippen LogP contribution in [0.1, 0.15) is 25.7 Å². The van der Waals surface area contributed by atoms with Crippen molar-refractivity contribution in [2.45, 2.75) is 43.9 Å². The molecule has 24 heteroatoms. The molecule has 10 rings (SSSR count). The number of anilines is 1. The Labute approximate surface area is 380 Å². The molecule has 16 nitrogen and oxygen atoms in total. The van der Waals surface area contributed by atoms with Gasteiger partial charge in [0.2, 0.25) is 0 Å². The number of nitrogens with two attached hydrogens (primary N) is 2. The molecular weight excluding hydrogens is 937 g/mol. The van der Waals surface area contributed by atoms with E-state index in [9.17, 15) is 30.0 Å². The summed E-state index contributed by atoms with van der Waals surface area (Å²) in [6.45, 7) is 3.83. The van der Waals surface area contributed by atoms with Gasteiger partial charge in [0.15, 0.2) is 0 Å². The highest BCUT2D eigenvalue weighted by Crippen LogP contribution is 2.53. The summed E-state index contributed by atoms with van der Waals surface area (Å²) < 4.78 is 79.3. The molecule has 2 aromatic carbocycles. The van der Waals surface area contributed by atoms with Crippen LogP contribution < -0.4 is 20.5 Å². The molecule has 0 bridgehead atoms. The largest absolute Gasteiger partial charge is 0.490 e. The number of carboxylic acids is 1. The molecular formula is C40H44ClF3N10O6S4. The first-order chi connectivity index (χ1) is 30.1. The second-order valence-electron chi connectivity index (χ2n) is 16.3. The van der Waals surface area contributed by atoms with Gasteiger partial charge in [-0.3, -0.25) is 0 Å². The molecule has 0 unspecified atom stereocenters. The van der Waals surface area contributed by atoms with Gasteiger partial charge in [-0.15, -0.1) is 22.7 Å². The maximum atomic E-state index is 11.5. The van der Waals surface area contributed by atoms with E-state index in [-0.39, 0.29) is 17.5 Å². The first-order valence-electron chi connectivity index (χ1n) is 19.6. The van der Waals surface area contributed by atoms with Crippen LogP contribution >= 0.6 is 34.3 Å². The highest BCUT2D eigenvalue weighted by molar-refractivity contribution is 7.87. The van der Waals surface area contributed by atoms with Gasteiger partial charge in [0.05, 0.1) is 10.8 Å². The van der Waals surface area contributed by atoms with Gasteiger partial charge in [0.1, 0.15) is 33.3 Å². The SMILES string of the molecule is CN(C1CC2(C1)CN(c1ncnc3scc(-c4ccccc4)c13)C2)S(N)(=O)=O.CN(C1CC2(CNC2)C1)S(N)(=O)=O.Clc1ncnc2scc(-c3ccccc3)c12.O=C(O)C(F)(F)F. The van der Waals surface area contributed by atoms with Crippen molar-refractivity contribution in [2.75, 3.05) is 45.2 Å². The summed E-state index contributed by atoms with van der Waals surface area (Å²) in [6, 6.07) is 20.6. The lowest BCUT2D eigenvalue weighted by Crippen LogP contribution is -2.67. The molecule has 4 aromatic heterocycles. The van der Waals surface area contributed by atoms with Crippen molar-refractivity contribution in [1.29, 1.82) is 0 Å². The zero-order chi connectivity index (χ0) is 46.2. The highest BCUT2D eigenvalue weighted by Gasteiger charge is 2.55. The van der Waals surface area contributed by atoms with E-state index in [1.807, 2.05) is 36.4 Å². The molecule has 4 fully saturated rings. The van der Waals surface area contributed by atoms with Crippen LogP contribution in [0.25, 0.3) is 42.7 Å². The monoisotopic (exact) mass is 980 g/mol. The lowest BCUT2D eigenvalue weighted by molar-refractivity contribution is -0.192. The van der Waals surface area contributed by atoms with Crippen LogP contribution in [0, 0.1) is 10.8 Å². The van der Waals surface area contributed by atoms with Crippen LogP contribution in [0.2, 0.25) is 5.15 Å². The zero-order valence-electron chi connectivity index (χ0n) is 34.3. The number of rotatable bonds is 7. The molecule has 6 aromatic rings. The predicted octanol–water partition coefficient (Wildman–Crippen LogP) is 5.98. The second-order valence-corrected chi connectivity index (χ2v) is 21.5. The zero-order valence-corrected chi connectivity index (χ0v) is 38.3. The Hall–Kier alpha value is -4.43. The van der Waals surface area contributed by atoms with Crippen molar-refractivity contribution in [1.82, 2.24) is 33.9 Å². The predicted molar refractivity (Wildman–Crippen MR) is 242 cm³/mol. The molecule has 6 heterocycles. The molecule has 342 valence electrons. The van der Waals surface area contributed by atoms with Gasteiger partial charge in [0.25, 0.3) is 20.4 Å². The number of aliphatic carboxylic acids is 1. The van der Waals surface area contributed by atoms with Crippen molar-refractivity contribution in [3.63, 3.8) is 0 Å². The van der Waals surface area contributed by atoms with Crippen molar-refractivity contribution in [2.24, 2.45) is 21.1 Å². The van der Waals surface area contributed by atoms with Crippen LogP contribution in [-0.2, 0) is 25.2 Å². The average molecular weight is 982 g/mol. The fourth-order valence-electron chi connectivity index (χ4n) is 8.35. The Morgan fingerprint density at radius 1 is 0.766 bits per heavy atom. The number of carbonyl (C=O) groups is 1. The van der Waals surface area contributed by atoms with Crippen LogP contribution in [0.4, 0.5) is 19.0 Å². The number of carboxylic acid groups (broad SMARTS) is 1. The summed E-state index contributed by atoms with van der Waals surface area (Å²) in [4.78, 5) is 30.4. The number of aromatic nitrogens is 4. The van der Waals surface area contributed by atoms with E-state index in [1.54, 1.807) is 43.1 Å². The number of benzene rings is 2. The topological polar surface area (TPSA) is 231 Å². The summed E-state index contributed by atoms with van der Waals surface area (Å²) in [7, 11) is -3.99. The first-order valence-corrected chi connectivity index (χ1v) is 24.7. The Bertz CT molecular complexity index is 2830. The normalized spacial score (nSPS) is 18.7. The van der Waals surface area contributed by atoms with Crippen molar-refractivity contribution in [3.05, 3.63) is 89.2 Å². The third-order valence-electron chi connectivity index (χ3n) is 11.9. The van der Waals surface area contributed by atoms with Gasteiger partial charge in [-0.05, 0) is 42.2 Å². The van der Waals surface area contributed by atoms with Gasteiger partial charge in [-0.1, -0.05) is 72.3 Å². The van der Waals surface area contributed by atoms with Crippen LogP contribution in [-0.4, -0.2) is 115 Å². The van der Waals surface area contributed by atoms with E-state index in [4.69, 9.17) is 31.8 Å². The Balaban J connectivity index is 0.000000144. The number of hydrogen-bond donors (Lipinski definition) is 4. The van der Waals surface area contributed by atoms with Gasteiger partial charge in [0, 0.05) is 79.7 Å². The lowest BCUT2D eigenvalue weighted by Gasteiger charge is -2.60. The Morgan fingerprint density at radius 3 is 1.61 bits per heavy atom. The third-order valence-corrected chi connectivity index (χ3v) is 16.2. The lowest BCUT2D eigenvalue weighted by atomic mass is 9.60. The number of hydrogen-bond acceptors (Lipinski definition) is 13. The molecule has 0 amide bonds. The van der Waals surface area contributed by atoms with Crippen molar-refractivity contribution >= 4 is 86.9 Å². The van der Waals surface area contributed by atoms with Gasteiger partial charge in [-0.2, -0.15) is 38.6 Å². The Morgan fingerprint density at radius 2 is 1.19 bits per heavy atom. The number of alkyl halides is 3. The quantitative estimate of drug-likeness (QED) is 0.135. The molecule has 2 spiro atoms. The molecule has 0 radical (unpaired) electrons. The second kappa shape index (κ2) is 18.5. The fraction of sp³-hybridized carbons (Fsp3) is 0.375. The molecule has 2 aliphatic heterocycles. The molecule has 0 atom stereocenters. The van der Waals surface area contributed by atoms with Crippen molar-refractivity contribution in [3.8, 4) is 22.3 Å². The molecule has 64 heavy (non-hydrogen) atoms. The number of halogens is 4. The molecule has 4 aliphatic rings. The van der Waals surface area contributed by atoms with E-state index in [0.717, 1.165) is 94.8 Å². The minimum atomic E-state index is -5.08. The van der Waals surface area contributed by atoms with Gasteiger partial charge in [-0.25, -0.2) is 35.0 Å².